The summed E-state index contributed by atoms with van der Waals surface area (Å²) in [5.74, 6) is 0.317. The second-order valence-corrected chi connectivity index (χ2v) is 5.16. The van der Waals surface area contributed by atoms with Crippen LogP contribution < -0.4 is 5.32 Å². The van der Waals surface area contributed by atoms with Crippen LogP contribution in [0.1, 0.15) is 43.5 Å². The van der Waals surface area contributed by atoms with Crippen molar-refractivity contribution in [3.63, 3.8) is 0 Å². The molecule has 0 aliphatic carbocycles. The molecular formula is C15H23N3O2. The van der Waals surface area contributed by atoms with Crippen LogP contribution in [0.4, 0.5) is 5.82 Å². The normalized spacial score (nSPS) is 11.8. The van der Waals surface area contributed by atoms with Crippen molar-refractivity contribution in [1.82, 2.24) is 9.88 Å². The Labute approximate surface area is 120 Å². The average molecular weight is 277 g/mol. The standard InChI is InChI=1S/C15H23N3O2/c1-5-6-7-11(2)14(19)17-13-9-8-12(10-16-13)15(20)18(3)4/h8-11H,5-7H2,1-4H3,(H,16,17,19)/t11-/m0/s1. The number of anilines is 1. The first-order chi connectivity index (χ1) is 9.45. The van der Waals surface area contributed by atoms with Crippen LogP contribution in [0.2, 0.25) is 0 Å². The fourth-order valence-electron chi connectivity index (χ4n) is 1.74. The third-order valence-corrected chi connectivity index (χ3v) is 3.11. The molecule has 1 N–H and O–H groups in total. The lowest BCUT2D eigenvalue weighted by molar-refractivity contribution is -0.119. The maximum absolute atomic E-state index is 11.9. The minimum absolute atomic E-state index is 0.0279. The monoisotopic (exact) mass is 277 g/mol. The van der Waals surface area contributed by atoms with Crippen LogP contribution in [-0.4, -0.2) is 35.8 Å². The van der Waals surface area contributed by atoms with E-state index in [0.29, 0.717) is 11.4 Å². The largest absolute Gasteiger partial charge is 0.345 e. The molecule has 0 radical (unpaired) electrons. The lowest BCUT2D eigenvalue weighted by Gasteiger charge is -2.12. The van der Waals surface area contributed by atoms with Gasteiger partial charge in [-0.25, -0.2) is 4.98 Å². The topological polar surface area (TPSA) is 62.3 Å². The Morgan fingerprint density at radius 1 is 1.35 bits per heavy atom. The summed E-state index contributed by atoms with van der Waals surface area (Å²) in [6, 6.07) is 3.32. The summed E-state index contributed by atoms with van der Waals surface area (Å²) in [7, 11) is 3.38. The van der Waals surface area contributed by atoms with Crippen LogP contribution in [0.3, 0.4) is 0 Å². The third kappa shape index (κ3) is 4.64. The molecule has 20 heavy (non-hydrogen) atoms. The maximum Gasteiger partial charge on any atom is 0.254 e. The first-order valence-corrected chi connectivity index (χ1v) is 6.94. The molecule has 1 rings (SSSR count). The molecule has 0 aromatic carbocycles. The van der Waals surface area contributed by atoms with Crippen molar-refractivity contribution in [2.45, 2.75) is 33.1 Å². The number of amides is 2. The van der Waals surface area contributed by atoms with Crippen LogP contribution in [0.25, 0.3) is 0 Å². The predicted octanol–water partition coefficient (Wildman–Crippen LogP) is 2.55. The van der Waals surface area contributed by atoms with E-state index in [1.807, 2.05) is 6.92 Å². The van der Waals surface area contributed by atoms with Gasteiger partial charge >= 0.3 is 0 Å². The zero-order valence-corrected chi connectivity index (χ0v) is 12.6. The lowest BCUT2D eigenvalue weighted by Crippen LogP contribution is -2.23. The number of pyridine rings is 1. The van der Waals surface area contributed by atoms with Crippen molar-refractivity contribution in [2.75, 3.05) is 19.4 Å². The lowest BCUT2D eigenvalue weighted by atomic mass is 10.0. The quantitative estimate of drug-likeness (QED) is 0.869. The van der Waals surface area contributed by atoms with Gasteiger partial charge in [0, 0.05) is 26.2 Å². The molecule has 0 spiro atoms. The van der Waals surface area contributed by atoms with Gasteiger partial charge in [-0.3, -0.25) is 9.59 Å². The second kappa shape index (κ2) is 7.62. The van der Waals surface area contributed by atoms with Gasteiger partial charge in [-0.2, -0.15) is 0 Å². The van der Waals surface area contributed by atoms with E-state index in [2.05, 4.69) is 17.2 Å². The number of nitrogens with zero attached hydrogens (tertiary/aromatic N) is 2. The van der Waals surface area contributed by atoms with E-state index in [-0.39, 0.29) is 17.7 Å². The third-order valence-electron chi connectivity index (χ3n) is 3.11. The molecule has 0 aliphatic rings. The highest BCUT2D eigenvalue weighted by Crippen LogP contribution is 2.12. The molecule has 1 aromatic heterocycles. The zero-order chi connectivity index (χ0) is 15.1. The molecule has 1 atom stereocenters. The number of rotatable bonds is 6. The number of nitrogens with one attached hydrogen (secondary N) is 1. The first kappa shape index (κ1) is 16.1. The Balaban J connectivity index is 2.61. The Hall–Kier alpha value is -1.91. The van der Waals surface area contributed by atoms with Crippen molar-refractivity contribution in [1.29, 1.82) is 0 Å². The summed E-state index contributed by atoms with van der Waals surface area (Å²) in [5.41, 5.74) is 0.507. The van der Waals surface area contributed by atoms with E-state index in [9.17, 15) is 9.59 Å². The summed E-state index contributed by atoms with van der Waals surface area (Å²) in [6.45, 7) is 4.02. The SMILES string of the molecule is CCCC[C@H](C)C(=O)Nc1ccc(C(=O)N(C)C)cn1. The summed E-state index contributed by atoms with van der Waals surface area (Å²) < 4.78 is 0. The molecule has 5 nitrogen and oxygen atoms in total. The molecular weight excluding hydrogens is 254 g/mol. The first-order valence-electron chi connectivity index (χ1n) is 6.94. The Morgan fingerprint density at radius 3 is 2.55 bits per heavy atom. The van der Waals surface area contributed by atoms with E-state index in [4.69, 9.17) is 0 Å². The maximum atomic E-state index is 11.9. The number of carbonyl (C=O) groups excluding carboxylic acids is 2. The van der Waals surface area contributed by atoms with Crippen molar-refractivity contribution < 1.29 is 9.59 Å². The molecule has 110 valence electrons. The van der Waals surface area contributed by atoms with Crippen LogP contribution in [0.15, 0.2) is 18.3 Å². The van der Waals surface area contributed by atoms with E-state index in [0.717, 1.165) is 19.3 Å². The molecule has 0 aliphatic heterocycles. The van der Waals surface area contributed by atoms with Crippen molar-refractivity contribution in [3.8, 4) is 0 Å². The number of hydrogen-bond acceptors (Lipinski definition) is 3. The van der Waals surface area contributed by atoms with Crippen LogP contribution in [-0.2, 0) is 4.79 Å². The summed E-state index contributed by atoms with van der Waals surface area (Å²) in [6.07, 6.45) is 4.48. The predicted molar refractivity (Wildman–Crippen MR) is 79.6 cm³/mol. The minimum Gasteiger partial charge on any atom is -0.345 e. The Kier molecular flexibility index (Phi) is 6.15. The van der Waals surface area contributed by atoms with Crippen molar-refractivity contribution in [2.24, 2.45) is 5.92 Å². The molecule has 1 heterocycles. The van der Waals surface area contributed by atoms with Crippen molar-refractivity contribution in [3.05, 3.63) is 23.9 Å². The summed E-state index contributed by atoms with van der Waals surface area (Å²) in [5, 5.41) is 2.77. The van der Waals surface area contributed by atoms with Gasteiger partial charge in [-0.05, 0) is 18.6 Å². The smallest absolute Gasteiger partial charge is 0.254 e. The Bertz CT molecular complexity index is 455. The average Bonchev–Trinajstić information content (AvgIpc) is 2.44. The van der Waals surface area contributed by atoms with Gasteiger partial charge in [0.1, 0.15) is 5.82 Å². The minimum atomic E-state index is -0.105. The fourth-order valence-corrected chi connectivity index (χ4v) is 1.74. The van der Waals surface area contributed by atoms with Gasteiger partial charge in [-0.1, -0.05) is 26.7 Å². The molecule has 5 heteroatoms. The Morgan fingerprint density at radius 2 is 2.05 bits per heavy atom. The summed E-state index contributed by atoms with van der Waals surface area (Å²) in [4.78, 5) is 29.2. The molecule has 0 saturated carbocycles. The highest BCUT2D eigenvalue weighted by Gasteiger charge is 2.13. The molecule has 0 bridgehead atoms. The van der Waals surface area contributed by atoms with Crippen LogP contribution >= 0.6 is 0 Å². The van der Waals surface area contributed by atoms with E-state index in [1.165, 1.54) is 11.1 Å². The molecule has 0 saturated heterocycles. The molecule has 2 amide bonds. The highest BCUT2D eigenvalue weighted by molar-refractivity contribution is 5.94. The van der Waals surface area contributed by atoms with Gasteiger partial charge in [0.25, 0.3) is 5.91 Å². The van der Waals surface area contributed by atoms with Gasteiger partial charge < -0.3 is 10.2 Å². The molecule has 0 fully saturated rings. The number of unbranched alkanes of at least 4 members (excludes halogenated alkanes) is 1. The second-order valence-electron chi connectivity index (χ2n) is 5.16. The number of hydrogen-bond donors (Lipinski definition) is 1. The number of aromatic nitrogens is 1. The zero-order valence-electron chi connectivity index (χ0n) is 12.6. The van der Waals surface area contributed by atoms with Gasteiger partial charge in [0.05, 0.1) is 5.56 Å². The summed E-state index contributed by atoms with van der Waals surface area (Å²) >= 11 is 0. The van der Waals surface area contributed by atoms with Gasteiger partial charge in [-0.15, -0.1) is 0 Å². The molecule has 1 aromatic rings. The fraction of sp³-hybridized carbons (Fsp3) is 0.533. The van der Waals surface area contributed by atoms with Crippen LogP contribution in [0, 0.1) is 5.92 Å². The number of carbonyl (C=O) groups is 2. The molecule has 0 unspecified atom stereocenters. The highest BCUT2D eigenvalue weighted by atomic mass is 16.2. The van der Waals surface area contributed by atoms with E-state index in [1.54, 1.807) is 26.2 Å². The van der Waals surface area contributed by atoms with Gasteiger partial charge in [0.15, 0.2) is 0 Å². The van der Waals surface area contributed by atoms with E-state index < -0.39 is 0 Å². The van der Waals surface area contributed by atoms with E-state index >= 15 is 0 Å². The van der Waals surface area contributed by atoms with Crippen molar-refractivity contribution >= 4 is 17.6 Å². The van der Waals surface area contributed by atoms with Gasteiger partial charge in [0.2, 0.25) is 5.91 Å². The van der Waals surface area contributed by atoms with Crippen LogP contribution in [0.5, 0.6) is 0 Å².